The Balaban J connectivity index is 1.88. The number of anilines is 2. The molecule has 1 N–H and O–H groups in total. The van der Waals surface area contributed by atoms with Crippen molar-refractivity contribution in [2.45, 2.75) is 13.3 Å². The molecule has 1 aromatic carbocycles. The van der Waals surface area contributed by atoms with Crippen LogP contribution in [0.25, 0.3) is 5.95 Å². The monoisotopic (exact) mass is 301 g/mol. The largest absolute Gasteiger partial charge is 0.324 e. The van der Waals surface area contributed by atoms with Gasteiger partial charge in [0.25, 0.3) is 5.95 Å². The average Bonchev–Trinajstić information content (AvgIpc) is 3.02. The summed E-state index contributed by atoms with van der Waals surface area (Å²) in [7, 11) is 0. The molecule has 2 aromatic heterocycles. The molecule has 0 bridgehead atoms. The maximum Gasteiger partial charge on any atom is 0.258 e. The van der Waals surface area contributed by atoms with Gasteiger partial charge < -0.3 is 5.32 Å². The third-order valence-electron chi connectivity index (χ3n) is 2.84. The molecule has 0 atom stereocenters. The van der Waals surface area contributed by atoms with Crippen molar-refractivity contribution in [1.29, 1.82) is 0 Å². The number of hydrogen-bond donors (Lipinski definition) is 1. The van der Waals surface area contributed by atoms with E-state index in [1.807, 2.05) is 24.3 Å². The van der Waals surface area contributed by atoms with E-state index >= 15 is 0 Å². The minimum atomic E-state index is 0.0863. The van der Waals surface area contributed by atoms with Crippen molar-refractivity contribution < 1.29 is 0 Å². The molecule has 8 heteroatoms. The van der Waals surface area contributed by atoms with E-state index in [0.717, 1.165) is 12.1 Å². The fraction of sp³-hybridized carbons (Fsp3) is 0.154. The smallest absolute Gasteiger partial charge is 0.258 e. The van der Waals surface area contributed by atoms with E-state index in [4.69, 9.17) is 11.6 Å². The summed E-state index contributed by atoms with van der Waals surface area (Å²) in [5.41, 5.74) is 2.14. The lowest BCUT2D eigenvalue weighted by Gasteiger charge is -2.07. The van der Waals surface area contributed by atoms with Crippen LogP contribution in [0.1, 0.15) is 12.5 Å². The highest BCUT2D eigenvalue weighted by atomic mass is 35.5. The van der Waals surface area contributed by atoms with Gasteiger partial charge in [0.15, 0.2) is 0 Å². The van der Waals surface area contributed by atoms with Gasteiger partial charge >= 0.3 is 0 Å². The summed E-state index contributed by atoms with van der Waals surface area (Å²) in [5.74, 6) is 0.657. The first-order valence-corrected chi connectivity index (χ1v) is 6.75. The highest BCUT2D eigenvalue weighted by Gasteiger charge is 2.07. The van der Waals surface area contributed by atoms with Gasteiger partial charge in [0.1, 0.15) is 12.7 Å². The van der Waals surface area contributed by atoms with Crippen LogP contribution in [-0.4, -0.2) is 29.7 Å². The van der Waals surface area contributed by atoms with Gasteiger partial charge in [-0.25, -0.2) is 4.98 Å². The van der Waals surface area contributed by atoms with Crippen LogP contribution in [0.2, 0.25) is 5.28 Å². The average molecular weight is 302 g/mol. The molecule has 106 valence electrons. The van der Waals surface area contributed by atoms with Crippen molar-refractivity contribution >= 4 is 23.2 Å². The molecule has 3 rings (SSSR count). The molecule has 3 aromatic rings. The number of nitrogens with zero attached hydrogens (tertiary/aromatic N) is 6. The molecule has 0 saturated heterocycles. The summed E-state index contributed by atoms with van der Waals surface area (Å²) in [6.45, 7) is 2.11. The molecule has 21 heavy (non-hydrogen) atoms. The molecule has 0 aliphatic rings. The van der Waals surface area contributed by atoms with Crippen LogP contribution in [0.4, 0.5) is 11.6 Å². The molecule has 0 aliphatic carbocycles. The number of aryl methyl sites for hydroxylation is 1. The van der Waals surface area contributed by atoms with E-state index in [1.165, 1.54) is 22.9 Å². The second kappa shape index (κ2) is 5.84. The van der Waals surface area contributed by atoms with Gasteiger partial charge in [-0.1, -0.05) is 19.1 Å². The van der Waals surface area contributed by atoms with Crippen molar-refractivity contribution in [2.24, 2.45) is 0 Å². The first-order chi connectivity index (χ1) is 10.2. The molecule has 2 heterocycles. The number of benzene rings is 1. The minimum Gasteiger partial charge on any atom is -0.324 e. The number of hydrogen-bond acceptors (Lipinski definition) is 6. The lowest BCUT2D eigenvalue weighted by atomic mass is 10.1. The highest BCUT2D eigenvalue weighted by molar-refractivity contribution is 6.28. The van der Waals surface area contributed by atoms with E-state index in [1.54, 1.807) is 0 Å². The van der Waals surface area contributed by atoms with E-state index in [0.29, 0.717) is 11.9 Å². The minimum absolute atomic E-state index is 0.0863. The van der Waals surface area contributed by atoms with Crippen LogP contribution in [0.5, 0.6) is 0 Å². The van der Waals surface area contributed by atoms with Crippen molar-refractivity contribution in [3.63, 3.8) is 0 Å². The normalized spacial score (nSPS) is 10.6. The fourth-order valence-electron chi connectivity index (χ4n) is 1.76. The van der Waals surface area contributed by atoms with Crippen molar-refractivity contribution in [3.8, 4) is 5.95 Å². The summed E-state index contributed by atoms with van der Waals surface area (Å²) >= 11 is 5.92. The van der Waals surface area contributed by atoms with Gasteiger partial charge in [0, 0.05) is 5.69 Å². The van der Waals surface area contributed by atoms with Crippen LogP contribution < -0.4 is 5.32 Å². The lowest BCUT2D eigenvalue weighted by Crippen LogP contribution is -2.07. The summed E-state index contributed by atoms with van der Waals surface area (Å²) in [6, 6.07) is 8.02. The van der Waals surface area contributed by atoms with Gasteiger partial charge in [-0.15, -0.1) is 0 Å². The third-order valence-corrected chi connectivity index (χ3v) is 3.01. The highest BCUT2D eigenvalue weighted by Crippen LogP contribution is 2.16. The second-order valence-electron chi connectivity index (χ2n) is 4.24. The first-order valence-electron chi connectivity index (χ1n) is 6.37. The molecule has 0 spiro atoms. The predicted molar refractivity (Wildman–Crippen MR) is 78.9 cm³/mol. The van der Waals surface area contributed by atoms with Gasteiger partial charge in [0.2, 0.25) is 11.2 Å². The van der Waals surface area contributed by atoms with Crippen LogP contribution in [0.3, 0.4) is 0 Å². The molecule has 0 fully saturated rings. The van der Waals surface area contributed by atoms with Gasteiger partial charge in [-0.05, 0) is 35.7 Å². The Morgan fingerprint density at radius 3 is 2.62 bits per heavy atom. The van der Waals surface area contributed by atoms with E-state index < -0.39 is 0 Å². The number of aromatic nitrogens is 6. The topological polar surface area (TPSA) is 81.4 Å². The standard InChI is InChI=1S/C13H12ClN7/c1-2-9-3-5-10(6-4-9)17-12-18-11(14)19-13(20-12)21-8-15-7-16-21/h3-8H,2H2,1H3,(H,17,18,19,20). The van der Waals surface area contributed by atoms with E-state index in [-0.39, 0.29) is 5.28 Å². The Labute approximate surface area is 126 Å². The molecular weight excluding hydrogens is 290 g/mol. The Bertz CT molecular complexity index is 725. The summed E-state index contributed by atoms with van der Waals surface area (Å²) in [4.78, 5) is 16.2. The molecule has 0 amide bonds. The molecular formula is C13H12ClN7. The zero-order valence-electron chi connectivity index (χ0n) is 11.2. The summed E-state index contributed by atoms with van der Waals surface area (Å²) in [5, 5.41) is 7.14. The summed E-state index contributed by atoms with van der Waals surface area (Å²) in [6.07, 6.45) is 3.88. The quantitative estimate of drug-likeness (QED) is 0.797. The molecule has 0 aliphatic heterocycles. The van der Waals surface area contributed by atoms with Crippen molar-refractivity contribution in [3.05, 3.63) is 47.8 Å². The van der Waals surface area contributed by atoms with Crippen LogP contribution in [-0.2, 0) is 6.42 Å². The molecule has 0 saturated carbocycles. The Kier molecular flexibility index (Phi) is 3.74. The van der Waals surface area contributed by atoms with Crippen molar-refractivity contribution in [2.75, 3.05) is 5.32 Å². The zero-order chi connectivity index (χ0) is 14.7. The Morgan fingerprint density at radius 1 is 1.14 bits per heavy atom. The maximum atomic E-state index is 5.92. The maximum absolute atomic E-state index is 5.92. The zero-order valence-corrected chi connectivity index (χ0v) is 12.0. The SMILES string of the molecule is CCc1ccc(Nc2nc(Cl)nc(-n3cncn3)n2)cc1. The fourth-order valence-corrected chi connectivity index (χ4v) is 1.92. The van der Waals surface area contributed by atoms with E-state index in [2.05, 4.69) is 37.3 Å². The number of rotatable bonds is 4. The third kappa shape index (κ3) is 3.14. The first kappa shape index (κ1) is 13.4. The molecule has 7 nitrogen and oxygen atoms in total. The van der Waals surface area contributed by atoms with Gasteiger partial charge in [0.05, 0.1) is 0 Å². The van der Waals surface area contributed by atoms with Crippen LogP contribution >= 0.6 is 11.6 Å². The Hall–Kier alpha value is -2.54. The second-order valence-corrected chi connectivity index (χ2v) is 4.58. The van der Waals surface area contributed by atoms with Crippen molar-refractivity contribution in [1.82, 2.24) is 29.7 Å². The van der Waals surface area contributed by atoms with Crippen LogP contribution in [0.15, 0.2) is 36.9 Å². The molecule has 0 radical (unpaired) electrons. The summed E-state index contributed by atoms with van der Waals surface area (Å²) < 4.78 is 1.42. The number of nitrogens with one attached hydrogen (secondary N) is 1. The van der Waals surface area contributed by atoms with Gasteiger partial charge in [-0.2, -0.15) is 24.7 Å². The Morgan fingerprint density at radius 2 is 1.95 bits per heavy atom. The molecule has 0 unspecified atom stereocenters. The lowest BCUT2D eigenvalue weighted by molar-refractivity contribution is 0.796. The predicted octanol–water partition coefficient (Wildman–Crippen LogP) is 2.41. The van der Waals surface area contributed by atoms with E-state index in [9.17, 15) is 0 Å². The number of halogens is 1. The van der Waals surface area contributed by atoms with Gasteiger partial charge in [-0.3, -0.25) is 0 Å². The van der Waals surface area contributed by atoms with Crippen LogP contribution in [0, 0.1) is 0 Å².